The van der Waals surface area contributed by atoms with Gasteiger partial charge in [0.2, 0.25) is 11.9 Å². The number of hydrogen-bond acceptors (Lipinski definition) is 8. The van der Waals surface area contributed by atoms with E-state index in [1.54, 1.807) is 12.4 Å². The second-order valence-corrected chi connectivity index (χ2v) is 8.80. The van der Waals surface area contributed by atoms with Crippen LogP contribution >= 0.6 is 11.6 Å². The van der Waals surface area contributed by atoms with Gasteiger partial charge in [-0.2, -0.15) is 8.42 Å². The van der Waals surface area contributed by atoms with Gasteiger partial charge in [0.1, 0.15) is 0 Å². The van der Waals surface area contributed by atoms with Crippen LogP contribution in [0.4, 0.5) is 5.95 Å². The van der Waals surface area contributed by atoms with Gasteiger partial charge in [0, 0.05) is 26.2 Å². The second kappa shape index (κ2) is 8.68. The third-order valence-corrected chi connectivity index (χ3v) is 5.35. The van der Waals surface area contributed by atoms with Crippen LogP contribution < -0.4 is 4.90 Å². The highest BCUT2D eigenvalue weighted by Gasteiger charge is 2.30. The summed E-state index contributed by atoms with van der Waals surface area (Å²) < 4.78 is 32.6. The lowest BCUT2D eigenvalue weighted by Gasteiger charge is -2.35. The molecule has 3 rings (SSSR count). The summed E-state index contributed by atoms with van der Waals surface area (Å²) >= 11 is 5.80. The lowest BCUT2D eigenvalue weighted by molar-refractivity contribution is -0.134. The van der Waals surface area contributed by atoms with Crippen LogP contribution in [0, 0.1) is 0 Å². The molecule has 1 aromatic rings. The lowest BCUT2D eigenvalue weighted by atomic mass is 10.1. The second-order valence-electron chi connectivity index (χ2n) is 6.72. The predicted octanol–water partition coefficient (Wildman–Crippen LogP) is 0.692. The van der Waals surface area contributed by atoms with Gasteiger partial charge in [-0.25, -0.2) is 9.97 Å². The van der Waals surface area contributed by atoms with Crippen molar-refractivity contribution in [2.24, 2.45) is 0 Å². The summed E-state index contributed by atoms with van der Waals surface area (Å²) in [4.78, 5) is 24.8. The zero-order chi connectivity index (χ0) is 19.4. The summed E-state index contributed by atoms with van der Waals surface area (Å²) in [5, 5.41) is 0.490. The summed E-state index contributed by atoms with van der Waals surface area (Å²) in [6, 6.07) is 0. The average Bonchev–Trinajstić information content (AvgIpc) is 3.08. The summed E-state index contributed by atoms with van der Waals surface area (Å²) in [6.07, 6.45) is 5.37. The molecule has 0 bridgehead atoms. The van der Waals surface area contributed by atoms with Crippen LogP contribution in [0.25, 0.3) is 0 Å². The Kier molecular flexibility index (Phi) is 6.51. The zero-order valence-electron chi connectivity index (χ0n) is 15.1. The van der Waals surface area contributed by atoms with E-state index in [0.717, 1.165) is 12.7 Å². The summed E-state index contributed by atoms with van der Waals surface area (Å²) in [5.41, 5.74) is 0. The fourth-order valence-corrected chi connectivity index (χ4v) is 3.70. The van der Waals surface area contributed by atoms with E-state index in [0.29, 0.717) is 50.0 Å². The van der Waals surface area contributed by atoms with Crippen molar-refractivity contribution in [3.05, 3.63) is 17.4 Å². The standard InChI is InChI=1S/C16H23ClN4O5S/c1-27(23,24)25-11-14-3-2-13(26-14)8-15(22)20-4-6-21(7-5-20)16-18-9-12(17)10-19-16/h9-10,13-14H,2-8,11H2,1H3. The van der Waals surface area contributed by atoms with Crippen molar-refractivity contribution in [1.82, 2.24) is 14.9 Å². The van der Waals surface area contributed by atoms with Crippen LogP contribution in [0.15, 0.2) is 12.4 Å². The number of amides is 1. The molecule has 11 heteroatoms. The molecule has 1 amide bonds. The molecular formula is C16H23ClN4O5S. The molecule has 0 saturated carbocycles. The molecule has 27 heavy (non-hydrogen) atoms. The minimum atomic E-state index is -3.48. The van der Waals surface area contributed by atoms with Gasteiger partial charge >= 0.3 is 0 Å². The Bertz CT molecular complexity index is 753. The molecule has 2 saturated heterocycles. The van der Waals surface area contributed by atoms with Crippen LogP contribution in [-0.2, 0) is 23.8 Å². The van der Waals surface area contributed by atoms with Gasteiger partial charge in [-0.15, -0.1) is 0 Å². The Labute approximate surface area is 163 Å². The summed E-state index contributed by atoms with van der Waals surface area (Å²) in [7, 11) is -3.48. The number of piperazine rings is 1. The van der Waals surface area contributed by atoms with E-state index in [1.807, 2.05) is 9.80 Å². The van der Waals surface area contributed by atoms with Crippen LogP contribution in [0.5, 0.6) is 0 Å². The van der Waals surface area contributed by atoms with Gasteiger partial charge in [0.05, 0.1) is 48.9 Å². The topological polar surface area (TPSA) is 102 Å². The highest BCUT2D eigenvalue weighted by atomic mass is 35.5. The van der Waals surface area contributed by atoms with Crippen molar-refractivity contribution in [3.63, 3.8) is 0 Å². The molecule has 2 atom stereocenters. The monoisotopic (exact) mass is 418 g/mol. The third kappa shape index (κ3) is 6.00. The number of rotatable bonds is 6. The first-order valence-electron chi connectivity index (χ1n) is 8.80. The van der Waals surface area contributed by atoms with Gasteiger partial charge in [0.25, 0.3) is 10.1 Å². The number of anilines is 1. The first kappa shape index (κ1) is 20.2. The van der Waals surface area contributed by atoms with E-state index in [9.17, 15) is 13.2 Å². The smallest absolute Gasteiger partial charge is 0.264 e. The molecule has 0 N–H and O–H groups in total. The Morgan fingerprint density at radius 2 is 1.85 bits per heavy atom. The van der Waals surface area contributed by atoms with E-state index in [4.69, 9.17) is 20.5 Å². The van der Waals surface area contributed by atoms with Crippen LogP contribution in [-0.4, -0.2) is 80.4 Å². The molecule has 150 valence electrons. The Balaban J connectivity index is 1.41. The molecule has 2 unspecified atom stereocenters. The maximum absolute atomic E-state index is 12.5. The number of carbonyl (C=O) groups is 1. The largest absolute Gasteiger partial charge is 0.372 e. The predicted molar refractivity (Wildman–Crippen MR) is 99.1 cm³/mol. The van der Waals surface area contributed by atoms with Crippen LogP contribution in [0.2, 0.25) is 5.02 Å². The van der Waals surface area contributed by atoms with Gasteiger partial charge < -0.3 is 14.5 Å². The van der Waals surface area contributed by atoms with Crippen LogP contribution in [0.3, 0.4) is 0 Å². The van der Waals surface area contributed by atoms with Crippen molar-refractivity contribution in [3.8, 4) is 0 Å². The molecule has 2 aliphatic heterocycles. The number of carbonyl (C=O) groups excluding carboxylic acids is 1. The van der Waals surface area contributed by atoms with Crippen molar-refractivity contribution in [2.75, 3.05) is 43.9 Å². The number of halogens is 1. The fourth-order valence-electron chi connectivity index (χ4n) is 3.20. The fraction of sp³-hybridized carbons (Fsp3) is 0.688. The summed E-state index contributed by atoms with van der Waals surface area (Å²) in [5.74, 6) is 0.653. The molecule has 3 heterocycles. The number of hydrogen-bond donors (Lipinski definition) is 0. The van der Waals surface area contributed by atoms with Crippen LogP contribution in [0.1, 0.15) is 19.3 Å². The van der Waals surface area contributed by atoms with E-state index < -0.39 is 10.1 Å². The van der Waals surface area contributed by atoms with Gasteiger partial charge in [0.15, 0.2) is 0 Å². The number of ether oxygens (including phenoxy) is 1. The molecule has 9 nitrogen and oxygen atoms in total. The van der Waals surface area contributed by atoms with Gasteiger partial charge in [-0.05, 0) is 12.8 Å². The van der Waals surface area contributed by atoms with E-state index >= 15 is 0 Å². The normalized spacial score (nSPS) is 23.6. The van der Waals surface area contributed by atoms with E-state index in [1.165, 1.54) is 0 Å². The summed E-state index contributed by atoms with van der Waals surface area (Å²) in [6.45, 7) is 2.51. The molecule has 0 spiro atoms. The van der Waals surface area contributed by atoms with E-state index in [-0.39, 0.29) is 24.7 Å². The zero-order valence-corrected chi connectivity index (χ0v) is 16.7. The maximum atomic E-state index is 12.5. The molecular weight excluding hydrogens is 396 g/mol. The third-order valence-electron chi connectivity index (χ3n) is 4.59. The van der Waals surface area contributed by atoms with Crippen molar-refractivity contribution >= 4 is 33.6 Å². The van der Waals surface area contributed by atoms with Crippen molar-refractivity contribution in [1.29, 1.82) is 0 Å². The Morgan fingerprint density at radius 3 is 2.48 bits per heavy atom. The average molecular weight is 419 g/mol. The SMILES string of the molecule is CS(=O)(=O)OCC1CCC(CC(=O)N2CCN(c3ncc(Cl)cn3)CC2)O1. The molecule has 0 aromatic carbocycles. The Morgan fingerprint density at radius 1 is 1.22 bits per heavy atom. The van der Waals surface area contributed by atoms with E-state index in [2.05, 4.69) is 9.97 Å². The highest BCUT2D eigenvalue weighted by Crippen LogP contribution is 2.24. The highest BCUT2D eigenvalue weighted by molar-refractivity contribution is 7.85. The van der Waals surface area contributed by atoms with Crippen molar-refractivity contribution < 1.29 is 22.1 Å². The first-order valence-corrected chi connectivity index (χ1v) is 11.0. The molecule has 0 aliphatic carbocycles. The first-order chi connectivity index (χ1) is 12.8. The Hall–Kier alpha value is -1.49. The van der Waals surface area contributed by atoms with Gasteiger partial charge in [-0.3, -0.25) is 8.98 Å². The van der Waals surface area contributed by atoms with Gasteiger partial charge in [-0.1, -0.05) is 11.6 Å². The quantitative estimate of drug-likeness (QED) is 0.622. The molecule has 0 radical (unpaired) electrons. The molecule has 2 aliphatic rings. The lowest BCUT2D eigenvalue weighted by Crippen LogP contribution is -2.49. The molecule has 2 fully saturated rings. The number of aromatic nitrogens is 2. The number of nitrogens with zero attached hydrogens (tertiary/aromatic N) is 4. The van der Waals surface area contributed by atoms with Crippen molar-refractivity contribution in [2.45, 2.75) is 31.5 Å². The minimum Gasteiger partial charge on any atom is -0.372 e. The minimum absolute atomic E-state index is 0.00326. The molecule has 1 aromatic heterocycles. The maximum Gasteiger partial charge on any atom is 0.264 e.